The number of aliphatic hydroxyl groups excluding tert-OH is 1. The zero-order chi connectivity index (χ0) is 25.1. The molecule has 3 unspecified atom stereocenters. The van der Waals surface area contributed by atoms with Gasteiger partial charge in [0.25, 0.3) is 0 Å². The third-order valence-corrected chi connectivity index (χ3v) is 5.27. The molecule has 2 aromatic rings. The van der Waals surface area contributed by atoms with Crippen LogP contribution in [0.4, 0.5) is 0 Å². The Morgan fingerprint density at radius 1 is 1.03 bits per heavy atom. The van der Waals surface area contributed by atoms with Gasteiger partial charge in [-0.25, -0.2) is 4.79 Å². The van der Waals surface area contributed by atoms with Gasteiger partial charge in [0.05, 0.1) is 13.2 Å². The Kier molecular flexibility index (Phi) is 10.5. The van der Waals surface area contributed by atoms with E-state index >= 15 is 0 Å². The molecule has 0 radical (unpaired) electrons. The predicted octanol–water partition coefficient (Wildman–Crippen LogP) is -1.67. The van der Waals surface area contributed by atoms with Gasteiger partial charge in [0, 0.05) is 23.5 Å². The summed E-state index contributed by atoms with van der Waals surface area (Å²) >= 11 is 0. The highest BCUT2D eigenvalue weighted by atomic mass is 16.4. The first-order valence-electron chi connectivity index (χ1n) is 11.0. The second-order valence-electron chi connectivity index (χ2n) is 7.87. The van der Waals surface area contributed by atoms with Crippen LogP contribution in [-0.2, 0) is 25.6 Å². The third kappa shape index (κ3) is 7.83. The Morgan fingerprint density at radius 2 is 1.76 bits per heavy atom. The Balaban J connectivity index is 2.15. The number of carbonyl (C=O) groups is 4. The molecule has 0 aliphatic carbocycles. The number of nitrogens with one attached hydrogen (secondary N) is 4. The fourth-order valence-electron chi connectivity index (χ4n) is 3.38. The van der Waals surface area contributed by atoms with Crippen molar-refractivity contribution in [2.24, 2.45) is 11.5 Å². The molecule has 0 spiro atoms. The van der Waals surface area contributed by atoms with Crippen LogP contribution >= 0.6 is 0 Å². The van der Waals surface area contributed by atoms with Crippen LogP contribution in [0.15, 0.2) is 30.5 Å². The van der Waals surface area contributed by atoms with Gasteiger partial charge in [-0.3, -0.25) is 14.4 Å². The van der Waals surface area contributed by atoms with Crippen molar-refractivity contribution >= 4 is 34.6 Å². The maximum atomic E-state index is 13.0. The number of para-hydroxylation sites is 1. The smallest absolute Gasteiger partial charge is 0.326 e. The monoisotopic (exact) mass is 476 g/mol. The highest BCUT2D eigenvalue weighted by Gasteiger charge is 2.27. The van der Waals surface area contributed by atoms with Crippen molar-refractivity contribution in [3.05, 3.63) is 36.0 Å². The van der Waals surface area contributed by atoms with Crippen molar-refractivity contribution in [2.75, 3.05) is 19.7 Å². The molecule has 0 aliphatic heterocycles. The minimum atomic E-state index is -1.19. The number of benzene rings is 1. The molecule has 0 saturated heterocycles. The van der Waals surface area contributed by atoms with E-state index in [1.807, 2.05) is 24.3 Å². The highest BCUT2D eigenvalue weighted by Crippen LogP contribution is 2.19. The van der Waals surface area contributed by atoms with Gasteiger partial charge >= 0.3 is 5.97 Å². The van der Waals surface area contributed by atoms with Crippen molar-refractivity contribution in [3.63, 3.8) is 0 Å². The summed E-state index contributed by atoms with van der Waals surface area (Å²) in [7, 11) is 0. The molecule has 1 aromatic heterocycles. The van der Waals surface area contributed by atoms with Gasteiger partial charge in [-0.05, 0) is 37.4 Å². The lowest BCUT2D eigenvalue weighted by atomic mass is 10.0. The molecule has 186 valence electrons. The van der Waals surface area contributed by atoms with Crippen molar-refractivity contribution in [1.82, 2.24) is 20.9 Å². The number of aliphatic hydroxyl groups is 1. The van der Waals surface area contributed by atoms with Crippen LogP contribution in [0.5, 0.6) is 0 Å². The largest absolute Gasteiger partial charge is 0.480 e. The third-order valence-electron chi connectivity index (χ3n) is 5.27. The van der Waals surface area contributed by atoms with Crippen LogP contribution in [0.25, 0.3) is 10.9 Å². The van der Waals surface area contributed by atoms with Crippen molar-refractivity contribution in [3.8, 4) is 0 Å². The maximum Gasteiger partial charge on any atom is 0.326 e. The van der Waals surface area contributed by atoms with Gasteiger partial charge in [-0.1, -0.05) is 18.2 Å². The topological polar surface area (TPSA) is 213 Å². The quantitative estimate of drug-likeness (QED) is 0.147. The summed E-state index contributed by atoms with van der Waals surface area (Å²) in [6.07, 6.45) is 3.13. The molecule has 10 N–H and O–H groups in total. The summed E-state index contributed by atoms with van der Waals surface area (Å²) in [5.74, 6) is -3.25. The number of aromatic amines is 1. The summed E-state index contributed by atoms with van der Waals surface area (Å²) < 4.78 is 0. The van der Waals surface area contributed by atoms with Gasteiger partial charge < -0.3 is 42.6 Å². The molecule has 12 nitrogen and oxygen atoms in total. The Hall–Kier alpha value is -3.48. The molecule has 2 rings (SSSR count). The number of hydrogen-bond donors (Lipinski definition) is 8. The van der Waals surface area contributed by atoms with E-state index < -0.39 is 55.0 Å². The van der Waals surface area contributed by atoms with Crippen LogP contribution < -0.4 is 27.4 Å². The van der Waals surface area contributed by atoms with E-state index in [-0.39, 0.29) is 12.8 Å². The summed E-state index contributed by atoms with van der Waals surface area (Å²) in [4.78, 5) is 51.9. The first-order chi connectivity index (χ1) is 16.3. The van der Waals surface area contributed by atoms with Crippen molar-refractivity contribution < 1.29 is 29.4 Å². The standard InChI is InChI=1S/C22H32N6O6/c23-8-4-3-7-17(22(33)34)28-21(32)18(27-19(30)11-26-20(31)15(24)12-29)9-13-10-25-16-6-2-1-5-14(13)16/h1-2,5-6,10,15,17-18,25,29H,3-4,7-9,11-12,23-24H2,(H,26,31)(H,27,30)(H,28,32)(H,33,34). The summed E-state index contributed by atoms with van der Waals surface area (Å²) in [5, 5.41) is 26.6. The molecule has 34 heavy (non-hydrogen) atoms. The normalized spacial score (nSPS) is 13.6. The van der Waals surface area contributed by atoms with Gasteiger partial charge in [0.1, 0.15) is 18.1 Å². The number of aliphatic carboxylic acids is 1. The Labute approximate surface area is 196 Å². The highest BCUT2D eigenvalue weighted by molar-refractivity contribution is 5.93. The van der Waals surface area contributed by atoms with E-state index in [0.29, 0.717) is 19.4 Å². The summed E-state index contributed by atoms with van der Waals surface area (Å²) in [6, 6.07) is 4.00. The second kappa shape index (κ2) is 13.3. The van der Waals surface area contributed by atoms with Crippen LogP contribution in [-0.4, -0.2) is 76.7 Å². The van der Waals surface area contributed by atoms with Crippen molar-refractivity contribution in [2.45, 2.75) is 43.8 Å². The van der Waals surface area contributed by atoms with E-state index in [1.54, 1.807) is 6.20 Å². The van der Waals surface area contributed by atoms with Gasteiger partial charge in [-0.2, -0.15) is 0 Å². The number of unbranched alkanes of at least 4 members (excludes halogenated alkanes) is 1. The number of fused-ring (bicyclic) bond motifs is 1. The number of nitrogens with two attached hydrogens (primary N) is 2. The van der Waals surface area contributed by atoms with Crippen LogP contribution in [0.3, 0.4) is 0 Å². The van der Waals surface area contributed by atoms with E-state index in [4.69, 9.17) is 16.6 Å². The van der Waals surface area contributed by atoms with Gasteiger partial charge in [-0.15, -0.1) is 0 Å². The van der Waals surface area contributed by atoms with Gasteiger partial charge in [0.15, 0.2) is 0 Å². The zero-order valence-corrected chi connectivity index (χ0v) is 18.8. The maximum absolute atomic E-state index is 13.0. The number of H-pyrrole nitrogens is 1. The van der Waals surface area contributed by atoms with Gasteiger partial charge in [0.2, 0.25) is 17.7 Å². The molecule has 0 bridgehead atoms. The average Bonchev–Trinajstić information content (AvgIpc) is 3.23. The van der Waals surface area contributed by atoms with Crippen LogP contribution in [0, 0.1) is 0 Å². The number of hydrogen-bond acceptors (Lipinski definition) is 7. The van der Waals surface area contributed by atoms with E-state index in [2.05, 4.69) is 20.9 Å². The molecule has 0 aliphatic rings. The number of carboxylic acid groups (broad SMARTS) is 1. The molecule has 1 aromatic carbocycles. The molecule has 3 amide bonds. The number of rotatable bonds is 14. The fraction of sp³-hybridized carbons (Fsp3) is 0.455. The lowest BCUT2D eigenvalue weighted by molar-refractivity contribution is -0.142. The molecular formula is C22H32N6O6. The Morgan fingerprint density at radius 3 is 2.44 bits per heavy atom. The molecule has 0 saturated carbocycles. The minimum absolute atomic E-state index is 0.0842. The number of amides is 3. The number of carboxylic acids is 1. The first kappa shape index (κ1) is 26.8. The average molecular weight is 477 g/mol. The minimum Gasteiger partial charge on any atom is -0.480 e. The van der Waals surface area contributed by atoms with Crippen LogP contribution in [0.1, 0.15) is 24.8 Å². The lowest BCUT2D eigenvalue weighted by Crippen LogP contribution is -2.54. The molecule has 0 fully saturated rings. The predicted molar refractivity (Wildman–Crippen MR) is 124 cm³/mol. The van der Waals surface area contributed by atoms with Crippen molar-refractivity contribution in [1.29, 1.82) is 0 Å². The second-order valence-corrected chi connectivity index (χ2v) is 7.87. The zero-order valence-electron chi connectivity index (χ0n) is 18.8. The SMILES string of the molecule is NCCCCC(NC(=O)C(Cc1c[nH]c2ccccc12)NC(=O)CNC(=O)C(N)CO)C(=O)O. The first-order valence-corrected chi connectivity index (χ1v) is 11.0. The fourth-order valence-corrected chi connectivity index (χ4v) is 3.38. The number of carbonyl (C=O) groups excluding carboxylic acids is 3. The summed E-state index contributed by atoms with van der Waals surface area (Å²) in [5.41, 5.74) is 12.5. The number of aromatic nitrogens is 1. The summed E-state index contributed by atoms with van der Waals surface area (Å²) in [6.45, 7) is -0.645. The van der Waals surface area contributed by atoms with E-state index in [1.165, 1.54) is 0 Å². The van der Waals surface area contributed by atoms with E-state index in [0.717, 1.165) is 16.5 Å². The van der Waals surface area contributed by atoms with Crippen LogP contribution in [0.2, 0.25) is 0 Å². The molecule has 1 heterocycles. The lowest BCUT2D eigenvalue weighted by Gasteiger charge is -2.22. The van der Waals surface area contributed by atoms with E-state index in [9.17, 15) is 24.3 Å². The molecule has 3 atom stereocenters. The molecular weight excluding hydrogens is 444 g/mol. The molecule has 12 heteroatoms. The Bertz CT molecular complexity index is 993.